The smallest absolute Gasteiger partial charge is 0.325 e. The van der Waals surface area contributed by atoms with Crippen molar-refractivity contribution in [1.29, 1.82) is 0 Å². The summed E-state index contributed by atoms with van der Waals surface area (Å²) in [6.45, 7) is 1.02. The maximum atomic E-state index is 12.5. The number of fused-ring (bicyclic) bond motifs is 2. The topological polar surface area (TPSA) is 55.3 Å². The van der Waals surface area contributed by atoms with E-state index in [0.717, 1.165) is 29.8 Å². The van der Waals surface area contributed by atoms with E-state index in [9.17, 15) is 4.79 Å². The predicted molar refractivity (Wildman–Crippen MR) is 88.7 cm³/mol. The number of benzene rings is 1. The Morgan fingerprint density at radius 2 is 2.17 bits per heavy atom. The fourth-order valence-corrected chi connectivity index (χ4v) is 3.81. The van der Waals surface area contributed by atoms with E-state index in [2.05, 4.69) is 10.6 Å². The first-order valence-electron chi connectivity index (χ1n) is 8.10. The van der Waals surface area contributed by atoms with Crippen LogP contribution in [0.1, 0.15) is 12.8 Å². The Kier molecular flexibility index (Phi) is 3.58. The lowest BCUT2D eigenvalue weighted by Crippen LogP contribution is -2.45. The molecule has 5 nitrogen and oxygen atoms in total. The van der Waals surface area contributed by atoms with Gasteiger partial charge in [0.15, 0.2) is 0 Å². The van der Waals surface area contributed by atoms with Crippen molar-refractivity contribution in [3.05, 3.63) is 42.7 Å². The van der Waals surface area contributed by atoms with Gasteiger partial charge in [-0.25, -0.2) is 4.79 Å². The Labute approximate surface area is 135 Å². The number of rotatable bonds is 3. The first kappa shape index (κ1) is 14.3. The number of carbonyl (C=O) groups excluding carboxylic acids is 1. The zero-order chi connectivity index (χ0) is 15.8. The Balaban J connectivity index is 1.50. The first-order valence-corrected chi connectivity index (χ1v) is 8.10. The third-order valence-corrected chi connectivity index (χ3v) is 5.02. The van der Waals surface area contributed by atoms with Crippen LogP contribution < -0.4 is 15.4 Å². The number of hydrogen-bond donors (Lipinski definition) is 2. The molecule has 2 bridgehead atoms. The van der Waals surface area contributed by atoms with Gasteiger partial charge in [-0.1, -0.05) is 18.2 Å². The number of ether oxygens (including phenoxy) is 1. The van der Waals surface area contributed by atoms with Gasteiger partial charge in [-0.05, 0) is 30.9 Å². The van der Waals surface area contributed by atoms with E-state index in [0.29, 0.717) is 18.0 Å². The average Bonchev–Trinajstić information content (AvgIpc) is 3.31. The summed E-state index contributed by atoms with van der Waals surface area (Å²) in [5.41, 5.74) is 1.97. The van der Waals surface area contributed by atoms with Gasteiger partial charge < -0.3 is 15.4 Å². The summed E-state index contributed by atoms with van der Waals surface area (Å²) in [6.07, 6.45) is 5.89. The molecule has 2 aromatic rings. The zero-order valence-corrected chi connectivity index (χ0v) is 13.2. The summed E-state index contributed by atoms with van der Waals surface area (Å²) in [4.78, 5) is 12.5. The molecule has 23 heavy (non-hydrogen) atoms. The molecule has 1 aromatic carbocycles. The molecule has 0 radical (unpaired) electrons. The van der Waals surface area contributed by atoms with Gasteiger partial charge in [0, 0.05) is 42.1 Å². The molecule has 120 valence electrons. The minimum Gasteiger partial charge on any atom is -0.496 e. The Bertz CT molecular complexity index is 725. The minimum atomic E-state index is -0.0521. The number of amides is 1. The summed E-state index contributed by atoms with van der Waals surface area (Å²) >= 11 is 0. The number of methoxy groups -OCH3 is 1. The summed E-state index contributed by atoms with van der Waals surface area (Å²) < 4.78 is 7.02. The Hall–Kier alpha value is -2.27. The monoisotopic (exact) mass is 311 g/mol. The molecule has 1 saturated carbocycles. The van der Waals surface area contributed by atoms with Gasteiger partial charge in [0.05, 0.1) is 7.11 Å². The molecule has 3 atom stereocenters. The average molecular weight is 311 g/mol. The first-order chi connectivity index (χ1) is 11.2. The van der Waals surface area contributed by atoms with E-state index >= 15 is 0 Å². The molecular weight excluding hydrogens is 290 g/mol. The molecule has 1 amide bonds. The Morgan fingerprint density at radius 1 is 1.30 bits per heavy atom. The summed E-state index contributed by atoms with van der Waals surface area (Å²) in [5, 5.41) is 6.64. The van der Waals surface area contributed by atoms with Gasteiger partial charge in [0.1, 0.15) is 5.75 Å². The van der Waals surface area contributed by atoms with Crippen molar-refractivity contribution < 1.29 is 9.53 Å². The second kappa shape index (κ2) is 5.74. The number of para-hydroxylation sites is 1. The minimum absolute atomic E-state index is 0.0521. The van der Waals surface area contributed by atoms with Gasteiger partial charge in [0.2, 0.25) is 0 Å². The highest BCUT2D eigenvalue weighted by molar-refractivity contribution is 5.80. The van der Waals surface area contributed by atoms with Crippen LogP contribution in [-0.4, -0.2) is 36.3 Å². The van der Waals surface area contributed by atoms with Crippen molar-refractivity contribution in [2.75, 3.05) is 13.7 Å². The van der Waals surface area contributed by atoms with E-state index in [1.807, 2.05) is 42.7 Å². The van der Waals surface area contributed by atoms with Gasteiger partial charge >= 0.3 is 6.03 Å². The third kappa shape index (κ3) is 2.61. The fraction of sp³-hybridized carbons (Fsp3) is 0.389. The molecule has 1 aliphatic heterocycles. The summed E-state index contributed by atoms with van der Waals surface area (Å²) in [6, 6.07) is 10.6. The van der Waals surface area contributed by atoms with Crippen molar-refractivity contribution in [3.8, 4) is 16.9 Å². The molecule has 2 aliphatic rings. The summed E-state index contributed by atoms with van der Waals surface area (Å²) in [7, 11) is 1.66. The SMILES string of the molecule is COc1ccccc1-c1ccn(C(=O)NC2CC3CC2CN3)c1. The standard InChI is InChI=1S/C18H21N3O2/c1-23-17-5-3-2-4-15(17)12-6-7-21(11-12)18(22)20-16-9-14-8-13(16)10-19-14/h2-7,11,13-14,16,19H,8-10H2,1H3,(H,20,22). The lowest BCUT2D eigenvalue weighted by atomic mass is 10.0. The largest absolute Gasteiger partial charge is 0.496 e. The number of carbonyl (C=O) groups is 1. The van der Waals surface area contributed by atoms with Crippen molar-refractivity contribution in [1.82, 2.24) is 15.2 Å². The highest BCUT2D eigenvalue weighted by atomic mass is 16.5. The maximum absolute atomic E-state index is 12.5. The quantitative estimate of drug-likeness (QED) is 0.915. The van der Waals surface area contributed by atoms with Crippen LogP contribution in [0.3, 0.4) is 0 Å². The van der Waals surface area contributed by atoms with Gasteiger partial charge in [0.25, 0.3) is 0 Å². The second-order valence-corrected chi connectivity index (χ2v) is 6.40. The lowest BCUT2D eigenvalue weighted by Gasteiger charge is -2.23. The molecule has 5 heteroatoms. The maximum Gasteiger partial charge on any atom is 0.325 e. The van der Waals surface area contributed by atoms with Crippen LogP contribution in [0.4, 0.5) is 4.79 Å². The fourth-order valence-electron chi connectivity index (χ4n) is 3.81. The van der Waals surface area contributed by atoms with Crippen LogP contribution in [0.25, 0.3) is 11.1 Å². The molecule has 1 saturated heterocycles. The van der Waals surface area contributed by atoms with Gasteiger partial charge in [-0.2, -0.15) is 0 Å². The lowest BCUT2D eigenvalue weighted by molar-refractivity contribution is 0.233. The number of piperidine rings is 1. The van der Waals surface area contributed by atoms with Crippen molar-refractivity contribution in [2.24, 2.45) is 5.92 Å². The molecule has 4 rings (SSSR count). The van der Waals surface area contributed by atoms with Crippen LogP contribution in [0.2, 0.25) is 0 Å². The van der Waals surface area contributed by atoms with E-state index in [-0.39, 0.29) is 6.03 Å². The predicted octanol–water partition coefficient (Wildman–Crippen LogP) is 2.47. The van der Waals surface area contributed by atoms with Gasteiger partial charge in [-0.3, -0.25) is 4.57 Å². The van der Waals surface area contributed by atoms with Crippen LogP contribution in [0.15, 0.2) is 42.7 Å². The summed E-state index contributed by atoms with van der Waals surface area (Å²) in [5.74, 6) is 1.39. The van der Waals surface area contributed by atoms with Crippen molar-refractivity contribution in [3.63, 3.8) is 0 Å². The number of nitrogens with zero attached hydrogens (tertiary/aromatic N) is 1. The number of hydrogen-bond acceptors (Lipinski definition) is 3. The van der Waals surface area contributed by atoms with E-state index < -0.39 is 0 Å². The molecule has 3 unspecified atom stereocenters. The van der Waals surface area contributed by atoms with Crippen LogP contribution in [0, 0.1) is 5.92 Å². The Morgan fingerprint density at radius 3 is 2.91 bits per heavy atom. The van der Waals surface area contributed by atoms with Crippen LogP contribution in [0.5, 0.6) is 5.75 Å². The molecule has 1 aromatic heterocycles. The normalized spacial score (nSPS) is 25.5. The highest BCUT2D eigenvalue weighted by Crippen LogP contribution is 2.32. The molecular formula is C18H21N3O2. The number of nitrogens with one attached hydrogen (secondary N) is 2. The van der Waals surface area contributed by atoms with Crippen LogP contribution in [-0.2, 0) is 0 Å². The molecule has 2 fully saturated rings. The van der Waals surface area contributed by atoms with Crippen molar-refractivity contribution in [2.45, 2.75) is 24.9 Å². The number of aromatic nitrogens is 1. The molecule has 1 aliphatic carbocycles. The molecule has 2 heterocycles. The van der Waals surface area contributed by atoms with E-state index in [4.69, 9.17) is 4.74 Å². The van der Waals surface area contributed by atoms with Gasteiger partial charge in [-0.15, -0.1) is 0 Å². The molecule has 0 spiro atoms. The van der Waals surface area contributed by atoms with Crippen molar-refractivity contribution >= 4 is 6.03 Å². The molecule has 2 N–H and O–H groups in total. The zero-order valence-electron chi connectivity index (χ0n) is 13.2. The van der Waals surface area contributed by atoms with E-state index in [1.165, 1.54) is 6.42 Å². The second-order valence-electron chi connectivity index (χ2n) is 6.40. The van der Waals surface area contributed by atoms with Crippen LogP contribution >= 0.6 is 0 Å². The van der Waals surface area contributed by atoms with E-state index in [1.54, 1.807) is 11.7 Å². The third-order valence-electron chi connectivity index (χ3n) is 5.02. The highest BCUT2D eigenvalue weighted by Gasteiger charge is 2.40.